The number of benzene rings is 3. The van der Waals surface area contributed by atoms with Gasteiger partial charge in [-0.1, -0.05) is 0 Å². The van der Waals surface area contributed by atoms with Crippen LogP contribution in [0, 0.1) is 0 Å². The molecule has 2 atom stereocenters. The first-order valence-electron chi connectivity index (χ1n) is 9.72. The van der Waals surface area contributed by atoms with Crippen LogP contribution in [0.15, 0.2) is 78.9 Å². The number of quaternary nitrogens is 1. The Balaban J connectivity index is 1.48. The second kappa shape index (κ2) is 8.84. The van der Waals surface area contributed by atoms with Crippen LogP contribution in [-0.4, -0.2) is 46.0 Å². The van der Waals surface area contributed by atoms with Crippen molar-refractivity contribution in [2.75, 3.05) is 6.61 Å². The summed E-state index contributed by atoms with van der Waals surface area (Å²) in [7, 11) is 0. The van der Waals surface area contributed by atoms with Gasteiger partial charge in [-0.25, -0.2) is 0 Å². The number of rotatable bonds is 6. The third kappa shape index (κ3) is 4.03. The molecule has 1 unspecified atom stereocenters. The Morgan fingerprint density at radius 1 is 0.900 bits per heavy atom. The van der Waals surface area contributed by atoms with E-state index in [2.05, 4.69) is 28.4 Å². The van der Waals surface area contributed by atoms with Crippen molar-refractivity contribution in [1.29, 1.82) is 0 Å². The molecule has 1 aliphatic rings. The molecular formula is C24H21NO4Se. The number of fused-ring (bicyclic) bond motifs is 3. The van der Waals surface area contributed by atoms with Crippen molar-refractivity contribution in [1.82, 2.24) is 0 Å². The second-order valence-corrected chi connectivity index (χ2v) is 8.19. The molecule has 1 amide bonds. The number of carbonyl (C=O) groups is 2. The molecule has 6 heteroatoms. The molecule has 30 heavy (non-hydrogen) atoms. The van der Waals surface area contributed by atoms with E-state index >= 15 is 0 Å². The van der Waals surface area contributed by atoms with Gasteiger partial charge in [-0.3, -0.25) is 0 Å². The number of amides is 1. The van der Waals surface area contributed by atoms with Crippen LogP contribution < -0.4 is 3.92 Å². The zero-order valence-electron chi connectivity index (χ0n) is 16.2. The molecule has 0 aromatic heterocycles. The quantitative estimate of drug-likeness (QED) is 0.549. The SMILES string of the molecule is O=C(O)[C@H](Cc1ccccc1)[NH+]([Se-])C(=O)OCC1c2ccccc2-c2ccccc21. The van der Waals surface area contributed by atoms with E-state index in [1.807, 2.05) is 66.7 Å². The molecular weight excluding hydrogens is 445 g/mol. The number of carbonyl (C=O) groups excluding carboxylic acids is 1. The summed E-state index contributed by atoms with van der Waals surface area (Å²) in [6.07, 6.45) is -0.386. The number of ether oxygens (including phenoxy) is 1. The molecule has 0 saturated carbocycles. The molecule has 5 nitrogen and oxygen atoms in total. The first kappa shape index (κ1) is 20.4. The molecule has 4 rings (SSSR count). The zero-order chi connectivity index (χ0) is 21.1. The van der Waals surface area contributed by atoms with Crippen molar-refractivity contribution in [3.63, 3.8) is 0 Å². The van der Waals surface area contributed by atoms with E-state index in [9.17, 15) is 14.7 Å². The molecule has 0 fully saturated rings. The summed E-state index contributed by atoms with van der Waals surface area (Å²) in [5.41, 5.74) is 5.38. The fraction of sp³-hybridized carbons (Fsp3) is 0.167. The van der Waals surface area contributed by atoms with Crippen LogP contribution in [0.25, 0.3) is 11.1 Å². The molecule has 2 N–H and O–H groups in total. The monoisotopic (exact) mass is 467 g/mol. The molecule has 0 saturated heterocycles. The fourth-order valence-corrected chi connectivity index (χ4v) is 4.46. The molecule has 0 radical (unpaired) electrons. The van der Waals surface area contributed by atoms with Crippen LogP contribution in [-0.2, 0) is 16.0 Å². The Kier molecular flexibility index (Phi) is 6.00. The van der Waals surface area contributed by atoms with Crippen molar-refractivity contribution in [2.24, 2.45) is 0 Å². The van der Waals surface area contributed by atoms with Crippen LogP contribution in [0.5, 0.6) is 0 Å². The van der Waals surface area contributed by atoms with Gasteiger partial charge in [-0.2, -0.15) is 0 Å². The normalized spacial score (nSPS) is 14.4. The zero-order valence-corrected chi connectivity index (χ0v) is 17.9. The van der Waals surface area contributed by atoms with Gasteiger partial charge in [0.25, 0.3) is 0 Å². The van der Waals surface area contributed by atoms with Crippen molar-refractivity contribution < 1.29 is 23.3 Å². The Hall–Kier alpha value is -2.92. The average Bonchev–Trinajstić information content (AvgIpc) is 3.09. The minimum absolute atomic E-state index is 0.0634. The van der Waals surface area contributed by atoms with Gasteiger partial charge in [0.05, 0.1) is 0 Å². The topological polar surface area (TPSA) is 68.0 Å². The van der Waals surface area contributed by atoms with Crippen molar-refractivity contribution >= 4 is 28.3 Å². The third-order valence-electron chi connectivity index (χ3n) is 5.44. The molecule has 3 aromatic carbocycles. The van der Waals surface area contributed by atoms with Gasteiger partial charge >= 0.3 is 183 Å². The number of hydrogen-bond acceptors (Lipinski definition) is 3. The Bertz CT molecular complexity index is 1020. The van der Waals surface area contributed by atoms with E-state index in [4.69, 9.17) is 4.74 Å². The first-order valence-corrected chi connectivity index (χ1v) is 10.6. The molecule has 152 valence electrons. The predicted molar refractivity (Wildman–Crippen MR) is 113 cm³/mol. The standard InChI is InChI=1S/C24H21NO4Se/c26-23(27)22(14-16-8-2-1-3-9-16)25(30)24(28)29-15-21-19-12-6-4-10-17(19)18-11-5-7-13-20(18)21/h1-13,21-22,25H,14-15H2,(H,26,27)/t22-/m0/s1. The molecule has 0 spiro atoms. The van der Waals surface area contributed by atoms with Crippen molar-refractivity contribution in [3.05, 3.63) is 95.6 Å². The van der Waals surface area contributed by atoms with Gasteiger partial charge in [0.15, 0.2) is 0 Å². The molecule has 0 heterocycles. The van der Waals surface area contributed by atoms with Crippen LogP contribution in [0.2, 0.25) is 0 Å². The first-order chi connectivity index (χ1) is 14.6. The Morgan fingerprint density at radius 2 is 1.43 bits per heavy atom. The number of alkyl carbamates (subject to hydrolysis) is 1. The minimum atomic E-state index is -1.05. The average molecular weight is 466 g/mol. The second-order valence-electron chi connectivity index (χ2n) is 7.27. The van der Waals surface area contributed by atoms with Crippen LogP contribution in [0.1, 0.15) is 22.6 Å². The maximum absolute atomic E-state index is 12.7. The summed E-state index contributed by atoms with van der Waals surface area (Å²) >= 11 is 2.65. The summed E-state index contributed by atoms with van der Waals surface area (Å²) in [4.78, 5) is 24.5. The molecule has 0 bridgehead atoms. The van der Waals surface area contributed by atoms with E-state index in [1.54, 1.807) is 0 Å². The summed E-state index contributed by atoms with van der Waals surface area (Å²) in [5, 5.41) is 9.65. The number of hydrogen-bond donors (Lipinski definition) is 2. The summed E-state index contributed by atoms with van der Waals surface area (Å²) in [6.45, 7) is 0.162. The van der Waals surface area contributed by atoms with Gasteiger partial charge in [0.2, 0.25) is 0 Å². The van der Waals surface area contributed by atoms with E-state index in [-0.39, 0.29) is 22.9 Å². The maximum atomic E-state index is 12.7. The third-order valence-corrected chi connectivity index (χ3v) is 6.39. The fourth-order valence-electron chi connectivity index (χ4n) is 3.95. The molecule has 1 aliphatic carbocycles. The van der Waals surface area contributed by atoms with E-state index in [1.165, 1.54) is 0 Å². The molecule has 0 aliphatic heterocycles. The Morgan fingerprint density at radius 3 is 2.00 bits per heavy atom. The number of carboxylic acids is 1. The summed E-state index contributed by atoms with van der Waals surface area (Å²) in [5.74, 6) is -1.12. The number of aliphatic carboxylic acids is 1. The van der Waals surface area contributed by atoms with Gasteiger partial charge in [0, 0.05) is 0 Å². The van der Waals surface area contributed by atoms with Crippen molar-refractivity contribution in [2.45, 2.75) is 18.4 Å². The van der Waals surface area contributed by atoms with E-state index in [0.717, 1.165) is 27.8 Å². The van der Waals surface area contributed by atoms with Gasteiger partial charge in [-0.05, 0) is 0 Å². The molecule has 3 aromatic rings. The summed E-state index contributed by atoms with van der Waals surface area (Å²) in [6, 6.07) is 24.5. The summed E-state index contributed by atoms with van der Waals surface area (Å²) < 4.78 is 5.69. The van der Waals surface area contributed by atoms with Gasteiger partial charge < -0.3 is 0 Å². The van der Waals surface area contributed by atoms with Crippen LogP contribution in [0.3, 0.4) is 0 Å². The van der Waals surface area contributed by atoms with Crippen LogP contribution >= 0.6 is 0 Å². The predicted octanol–water partition coefficient (Wildman–Crippen LogP) is 2.60. The number of carboxylic acid groups (broad SMARTS) is 1. The van der Waals surface area contributed by atoms with Gasteiger partial charge in [0.1, 0.15) is 0 Å². The van der Waals surface area contributed by atoms with E-state index < -0.39 is 18.1 Å². The van der Waals surface area contributed by atoms with Crippen molar-refractivity contribution in [3.8, 4) is 11.1 Å². The van der Waals surface area contributed by atoms with Crippen LogP contribution in [0.4, 0.5) is 4.79 Å². The van der Waals surface area contributed by atoms with Gasteiger partial charge in [-0.15, -0.1) is 0 Å². The Labute approximate surface area is 183 Å². The number of nitrogens with one attached hydrogen (secondary N) is 1. The van der Waals surface area contributed by atoms with E-state index in [0.29, 0.717) is 0 Å².